The highest BCUT2D eigenvalue weighted by molar-refractivity contribution is 5.99. The summed E-state index contributed by atoms with van der Waals surface area (Å²) >= 11 is 0. The van der Waals surface area contributed by atoms with Crippen LogP contribution in [-0.2, 0) is 19.1 Å². The molecule has 404 valence electrons. The van der Waals surface area contributed by atoms with Crippen molar-refractivity contribution >= 4 is 45.5 Å². The van der Waals surface area contributed by atoms with Crippen LogP contribution in [0.1, 0.15) is 31.3 Å². The first-order valence-electron chi connectivity index (χ1n) is 26.1. The molecule has 2 aliphatic rings. The van der Waals surface area contributed by atoms with Gasteiger partial charge in [-0.15, -0.1) is 0 Å². The molecule has 2 aliphatic heterocycles. The number of rotatable bonds is 20. The number of ether oxygens (including phenoxy) is 4. The Morgan fingerprint density at radius 1 is 0.615 bits per heavy atom. The van der Waals surface area contributed by atoms with E-state index in [9.17, 15) is 9.59 Å². The molecule has 20 heteroatoms. The summed E-state index contributed by atoms with van der Waals surface area (Å²) in [6, 6.07) is 34.7. The number of piperidine rings is 1. The standard InChI is InChI=1S/C32H39N7O4.C26H27N7O2/c1-41-20-18-37(19-21-42-2)16-7-11-28(40)38-17-6-8-25(22-38)39-32-29(31(33)34-23-35-32)30(36-39)24-12-14-27(15-13-24)43-26-9-4-3-5-10-26;1-28-14-5-8-22(34)32-15-13-19(16-32)33-26-23(25(27)29-17-30-26)24(31-33)18-9-11-21(12-10-18)35-20-6-3-2-4-7-20/h3-5,7,9-15,23,25H,6,8,16-22H2,1-2H3,(H2,33,34,35);2-12,17,19,28H,13-16H2,1H3,(H2,27,29,30)/b11-7+;8-5+. The number of fused-ring (bicyclic) bond motifs is 2. The number of amides is 2. The van der Waals surface area contributed by atoms with Crippen molar-refractivity contribution in [3.05, 3.63) is 146 Å². The van der Waals surface area contributed by atoms with E-state index in [2.05, 4.69) is 30.2 Å². The van der Waals surface area contributed by atoms with Crippen LogP contribution in [0.3, 0.4) is 0 Å². The molecule has 10 rings (SSSR count). The van der Waals surface area contributed by atoms with Crippen LogP contribution < -0.4 is 26.3 Å². The predicted octanol–water partition coefficient (Wildman–Crippen LogP) is 7.60. The molecule has 4 aromatic carbocycles. The average molecular weight is 1060 g/mol. The Morgan fingerprint density at radius 2 is 1.08 bits per heavy atom. The third-order valence-electron chi connectivity index (χ3n) is 13.6. The van der Waals surface area contributed by atoms with E-state index in [1.165, 1.54) is 12.7 Å². The van der Waals surface area contributed by atoms with E-state index in [1.54, 1.807) is 26.4 Å². The molecule has 8 aromatic rings. The summed E-state index contributed by atoms with van der Waals surface area (Å²) in [5, 5.41) is 14.3. The number of aromatic nitrogens is 8. The molecule has 5 N–H and O–H groups in total. The minimum Gasteiger partial charge on any atom is -0.457 e. The summed E-state index contributed by atoms with van der Waals surface area (Å²) in [4.78, 5) is 49.1. The molecular formula is C58H66N14O6. The van der Waals surface area contributed by atoms with Crippen LogP contribution >= 0.6 is 0 Å². The number of hydrogen-bond acceptors (Lipinski definition) is 16. The Hall–Kier alpha value is -8.56. The molecule has 0 bridgehead atoms. The fourth-order valence-corrected chi connectivity index (χ4v) is 9.54. The monoisotopic (exact) mass is 1050 g/mol. The van der Waals surface area contributed by atoms with Crippen molar-refractivity contribution < 1.29 is 28.5 Å². The zero-order chi connectivity index (χ0) is 54.2. The van der Waals surface area contributed by atoms with Gasteiger partial charge in [-0.2, -0.15) is 10.2 Å². The Balaban J connectivity index is 0.000000193. The molecule has 0 aliphatic carbocycles. The van der Waals surface area contributed by atoms with Gasteiger partial charge in [0, 0.05) is 89.9 Å². The highest BCUT2D eigenvalue weighted by atomic mass is 16.5. The van der Waals surface area contributed by atoms with E-state index in [1.807, 2.05) is 148 Å². The van der Waals surface area contributed by atoms with Crippen LogP contribution in [0.4, 0.5) is 11.6 Å². The lowest BCUT2D eigenvalue weighted by Gasteiger charge is -2.32. The van der Waals surface area contributed by atoms with Gasteiger partial charge in [-0.1, -0.05) is 48.6 Å². The Bertz CT molecular complexity index is 3290. The second-order valence-corrected chi connectivity index (χ2v) is 18.8. The highest BCUT2D eigenvalue weighted by Crippen LogP contribution is 2.37. The first-order chi connectivity index (χ1) is 38.2. The number of nitrogens with zero attached hydrogens (tertiary/aromatic N) is 11. The smallest absolute Gasteiger partial charge is 0.246 e. The second kappa shape index (κ2) is 26.5. The SMILES string of the molecule is CNC/C=C/C(=O)N1CCC(n2nc(-c3ccc(Oc4ccccc4)cc3)c3c(N)ncnc32)C1.COCCN(C/C=C/C(=O)N1CCCC(n2nc(-c3ccc(Oc4ccccc4)cc3)c3c(N)ncnc32)C1)CCOC. The average Bonchev–Trinajstić information content (AvgIpc) is 4.42. The van der Waals surface area contributed by atoms with Crippen LogP contribution in [-0.4, -0.2) is 153 Å². The first kappa shape index (κ1) is 54.2. The molecule has 4 aromatic heterocycles. The fraction of sp³-hybridized carbons (Fsp3) is 0.310. The number of nitrogens with two attached hydrogens (primary N) is 2. The largest absolute Gasteiger partial charge is 0.457 e. The van der Waals surface area contributed by atoms with Crippen molar-refractivity contribution in [2.45, 2.75) is 31.3 Å². The number of hydrogen-bond donors (Lipinski definition) is 3. The van der Waals surface area contributed by atoms with E-state index in [0.717, 1.165) is 66.5 Å². The van der Waals surface area contributed by atoms with Gasteiger partial charge in [-0.25, -0.2) is 29.3 Å². The summed E-state index contributed by atoms with van der Waals surface area (Å²) in [7, 11) is 5.22. The fourth-order valence-electron chi connectivity index (χ4n) is 9.54. The van der Waals surface area contributed by atoms with E-state index >= 15 is 0 Å². The van der Waals surface area contributed by atoms with Gasteiger partial charge in [0.25, 0.3) is 0 Å². The van der Waals surface area contributed by atoms with Gasteiger partial charge in [0.05, 0.1) is 36.1 Å². The second-order valence-electron chi connectivity index (χ2n) is 18.8. The summed E-state index contributed by atoms with van der Waals surface area (Å²) in [6.07, 6.45) is 12.5. The summed E-state index contributed by atoms with van der Waals surface area (Å²) in [5.74, 6) is 3.72. The Labute approximate surface area is 453 Å². The van der Waals surface area contributed by atoms with Crippen molar-refractivity contribution in [3.8, 4) is 45.5 Å². The third-order valence-corrected chi connectivity index (χ3v) is 13.6. The van der Waals surface area contributed by atoms with Crippen LogP contribution in [0.2, 0.25) is 0 Å². The minimum atomic E-state index is -0.0442. The molecule has 2 atom stereocenters. The maximum Gasteiger partial charge on any atom is 0.246 e. The number of anilines is 2. The van der Waals surface area contributed by atoms with Crippen molar-refractivity contribution in [1.29, 1.82) is 0 Å². The van der Waals surface area contributed by atoms with Crippen LogP contribution in [0.15, 0.2) is 146 Å². The summed E-state index contributed by atoms with van der Waals surface area (Å²) in [6.45, 7) is 6.54. The van der Waals surface area contributed by atoms with Gasteiger partial charge in [0.1, 0.15) is 58.7 Å². The van der Waals surface area contributed by atoms with Crippen molar-refractivity contribution in [2.75, 3.05) is 98.3 Å². The molecule has 0 saturated carbocycles. The molecule has 0 radical (unpaired) electrons. The maximum absolute atomic E-state index is 13.2. The number of nitrogen functional groups attached to an aromatic ring is 2. The van der Waals surface area contributed by atoms with Crippen molar-refractivity contribution in [1.82, 2.24) is 59.5 Å². The number of likely N-dealkylation sites (tertiary alicyclic amines) is 2. The number of likely N-dealkylation sites (N-methyl/N-ethyl adjacent to an activating group) is 1. The van der Waals surface area contributed by atoms with Gasteiger partial charge in [0.2, 0.25) is 11.8 Å². The minimum absolute atomic E-state index is 0.00239. The quantitative estimate of drug-likeness (QED) is 0.0624. The molecular weight excluding hydrogens is 989 g/mol. The molecule has 2 amide bonds. The molecule has 2 unspecified atom stereocenters. The van der Waals surface area contributed by atoms with E-state index < -0.39 is 0 Å². The van der Waals surface area contributed by atoms with Gasteiger partial charge in [-0.05, 0) is 99.1 Å². The highest BCUT2D eigenvalue weighted by Gasteiger charge is 2.31. The zero-order valence-electron chi connectivity index (χ0n) is 44.2. The predicted molar refractivity (Wildman–Crippen MR) is 301 cm³/mol. The molecule has 2 fully saturated rings. The topological polar surface area (TPSA) is 232 Å². The lowest BCUT2D eigenvalue weighted by atomic mass is 10.1. The molecule has 6 heterocycles. The molecule has 78 heavy (non-hydrogen) atoms. The lowest BCUT2D eigenvalue weighted by Crippen LogP contribution is -2.40. The van der Waals surface area contributed by atoms with Gasteiger partial charge in [-0.3, -0.25) is 14.5 Å². The number of nitrogens with one attached hydrogen (secondary N) is 1. The van der Waals surface area contributed by atoms with E-state index in [-0.39, 0.29) is 23.9 Å². The molecule has 0 spiro atoms. The third kappa shape index (κ3) is 13.3. The summed E-state index contributed by atoms with van der Waals surface area (Å²) < 4.78 is 26.1. The van der Waals surface area contributed by atoms with Gasteiger partial charge in [0.15, 0.2) is 11.3 Å². The maximum atomic E-state index is 13.2. The number of carbonyl (C=O) groups excluding carboxylic acids is 2. The number of para-hydroxylation sites is 2. The van der Waals surface area contributed by atoms with E-state index in [0.29, 0.717) is 97.6 Å². The van der Waals surface area contributed by atoms with Crippen LogP contribution in [0.25, 0.3) is 44.6 Å². The van der Waals surface area contributed by atoms with Crippen LogP contribution in [0.5, 0.6) is 23.0 Å². The lowest BCUT2D eigenvalue weighted by molar-refractivity contribution is -0.127. The number of methoxy groups -OCH3 is 2. The normalized spacial score (nSPS) is 15.6. The van der Waals surface area contributed by atoms with Crippen molar-refractivity contribution in [2.24, 2.45) is 0 Å². The number of carbonyl (C=O) groups is 2. The van der Waals surface area contributed by atoms with Crippen LogP contribution in [0, 0.1) is 0 Å². The van der Waals surface area contributed by atoms with Crippen molar-refractivity contribution in [3.63, 3.8) is 0 Å². The van der Waals surface area contributed by atoms with Gasteiger partial charge >= 0.3 is 0 Å². The number of benzene rings is 4. The Morgan fingerprint density at radius 3 is 1.56 bits per heavy atom. The molecule has 2 saturated heterocycles. The Kier molecular flexibility index (Phi) is 18.4. The zero-order valence-corrected chi connectivity index (χ0v) is 44.2. The van der Waals surface area contributed by atoms with Gasteiger partial charge < -0.3 is 45.5 Å². The van der Waals surface area contributed by atoms with E-state index in [4.69, 9.17) is 40.6 Å². The first-order valence-corrected chi connectivity index (χ1v) is 26.1. The summed E-state index contributed by atoms with van der Waals surface area (Å²) in [5.41, 5.74) is 17.1. The molecule has 20 nitrogen and oxygen atoms in total.